The molecule has 5 nitrogen and oxygen atoms in total. The van der Waals surface area contributed by atoms with Gasteiger partial charge in [0.2, 0.25) is 11.8 Å². The van der Waals surface area contributed by atoms with Crippen molar-refractivity contribution in [3.8, 4) is 5.88 Å². The number of carbonyl (C=O) groups excluding carboxylic acids is 1. The first kappa shape index (κ1) is 12.8. The Morgan fingerprint density at radius 1 is 1.56 bits per heavy atom. The van der Waals surface area contributed by atoms with E-state index < -0.39 is 0 Å². The minimum Gasteiger partial charge on any atom is -0.476 e. The summed E-state index contributed by atoms with van der Waals surface area (Å²) in [6.45, 7) is 4.24. The zero-order valence-corrected chi connectivity index (χ0v) is 10.6. The Labute approximate surface area is 107 Å². The highest BCUT2D eigenvalue weighted by atomic mass is 16.5. The van der Waals surface area contributed by atoms with Gasteiger partial charge in [0.15, 0.2) is 0 Å². The summed E-state index contributed by atoms with van der Waals surface area (Å²) in [5, 5.41) is 6.16. The van der Waals surface area contributed by atoms with Gasteiger partial charge in [0, 0.05) is 12.1 Å². The van der Waals surface area contributed by atoms with Crippen LogP contribution in [0.3, 0.4) is 0 Å². The average molecular weight is 249 g/mol. The molecule has 1 saturated heterocycles. The molecule has 0 unspecified atom stereocenters. The van der Waals surface area contributed by atoms with Crippen LogP contribution in [0.15, 0.2) is 18.3 Å². The predicted octanol–water partition coefficient (Wildman–Crippen LogP) is 1.42. The first-order chi connectivity index (χ1) is 8.81. The molecule has 0 saturated carbocycles. The second-order valence-corrected chi connectivity index (χ2v) is 4.30. The van der Waals surface area contributed by atoms with Gasteiger partial charge in [-0.1, -0.05) is 0 Å². The zero-order valence-electron chi connectivity index (χ0n) is 10.6. The molecule has 2 rings (SSSR count). The number of aromatic nitrogens is 1. The SMILES string of the molecule is CCOc1ncccc1NC(=O)C1CCNCC1. The maximum atomic E-state index is 12.1. The second kappa shape index (κ2) is 6.35. The topological polar surface area (TPSA) is 63.2 Å². The van der Waals surface area contributed by atoms with Crippen LogP contribution >= 0.6 is 0 Å². The lowest BCUT2D eigenvalue weighted by atomic mass is 9.97. The first-order valence-corrected chi connectivity index (χ1v) is 6.40. The molecule has 2 N–H and O–H groups in total. The fourth-order valence-corrected chi connectivity index (χ4v) is 2.06. The second-order valence-electron chi connectivity index (χ2n) is 4.30. The molecular formula is C13H19N3O2. The lowest BCUT2D eigenvalue weighted by Crippen LogP contribution is -2.34. The van der Waals surface area contributed by atoms with Crippen LogP contribution in [0, 0.1) is 5.92 Å². The number of carbonyl (C=O) groups is 1. The van der Waals surface area contributed by atoms with Crippen LogP contribution in [0.4, 0.5) is 5.69 Å². The molecule has 1 fully saturated rings. The molecule has 0 spiro atoms. The summed E-state index contributed by atoms with van der Waals surface area (Å²) >= 11 is 0. The maximum absolute atomic E-state index is 12.1. The third kappa shape index (κ3) is 3.20. The van der Waals surface area contributed by atoms with Crippen LogP contribution in [0.2, 0.25) is 0 Å². The van der Waals surface area contributed by atoms with Crippen LogP contribution in [0.1, 0.15) is 19.8 Å². The fraction of sp³-hybridized carbons (Fsp3) is 0.538. The van der Waals surface area contributed by atoms with Crippen molar-refractivity contribution in [2.75, 3.05) is 25.0 Å². The van der Waals surface area contributed by atoms with Crippen LogP contribution in [-0.4, -0.2) is 30.6 Å². The summed E-state index contributed by atoms with van der Waals surface area (Å²) in [4.78, 5) is 16.2. The maximum Gasteiger partial charge on any atom is 0.237 e. The van der Waals surface area contributed by atoms with Crippen molar-refractivity contribution < 1.29 is 9.53 Å². The Bertz CT molecular complexity index is 403. The standard InChI is InChI=1S/C13H19N3O2/c1-2-18-13-11(4-3-7-15-13)16-12(17)10-5-8-14-9-6-10/h3-4,7,10,14H,2,5-6,8-9H2,1H3,(H,16,17). The number of pyridine rings is 1. The third-order valence-corrected chi connectivity index (χ3v) is 3.02. The smallest absolute Gasteiger partial charge is 0.237 e. The van der Waals surface area contributed by atoms with Crippen LogP contribution in [0.25, 0.3) is 0 Å². The van der Waals surface area contributed by atoms with Gasteiger partial charge >= 0.3 is 0 Å². The van der Waals surface area contributed by atoms with Crippen LogP contribution < -0.4 is 15.4 Å². The molecule has 18 heavy (non-hydrogen) atoms. The molecule has 1 aromatic heterocycles. The molecule has 5 heteroatoms. The number of amides is 1. The predicted molar refractivity (Wildman–Crippen MR) is 69.6 cm³/mol. The van der Waals surface area contributed by atoms with Crippen LogP contribution in [-0.2, 0) is 4.79 Å². The summed E-state index contributed by atoms with van der Waals surface area (Å²) in [5.41, 5.74) is 0.655. The summed E-state index contributed by atoms with van der Waals surface area (Å²) in [6, 6.07) is 3.61. The number of anilines is 1. The molecule has 0 aliphatic carbocycles. The van der Waals surface area contributed by atoms with Crippen molar-refractivity contribution in [3.63, 3.8) is 0 Å². The number of nitrogens with one attached hydrogen (secondary N) is 2. The Kier molecular flexibility index (Phi) is 4.52. The minimum absolute atomic E-state index is 0.0606. The molecule has 2 heterocycles. The highest BCUT2D eigenvalue weighted by Crippen LogP contribution is 2.22. The molecule has 98 valence electrons. The molecule has 0 bridgehead atoms. The lowest BCUT2D eigenvalue weighted by Gasteiger charge is -2.22. The van der Waals surface area contributed by atoms with E-state index in [1.54, 1.807) is 12.3 Å². The number of hydrogen-bond donors (Lipinski definition) is 2. The third-order valence-electron chi connectivity index (χ3n) is 3.02. The normalized spacial score (nSPS) is 16.3. The van der Waals surface area contributed by atoms with Crippen molar-refractivity contribution >= 4 is 11.6 Å². The van der Waals surface area contributed by atoms with Crippen LogP contribution in [0.5, 0.6) is 5.88 Å². The van der Waals surface area contributed by atoms with Gasteiger partial charge < -0.3 is 15.4 Å². The number of hydrogen-bond acceptors (Lipinski definition) is 4. The van der Waals surface area contributed by atoms with Crippen molar-refractivity contribution in [1.29, 1.82) is 0 Å². The van der Waals surface area contributed by atoms with Gasteiger partial charge in [-0.25, -0.2) is 4.98 Å². The lowest BCUT2D eigenvalue weighted by molar-refractivity contribution is -0.120. The highest BCUT2D eigenvalue weighted by Gasteiger charge is 2.21. The fourth-order valence-electron chi connectivity index (χ4n) is 2.06. The van der Waals surface area contributed by atoms with Gasteiger partial charge in [0.25, 0.3) is 0 Å². The number of nitrogens with zero attached hydrogens (tertiary/aromatic N) is 1. The molecule has 1 aliphatic heterocycles. The molecule has 0 aromatic carbocycles. The largest absolute Gasteiger partial charge is 0.476 e. The zero-order chi connectivity index (χ0) is 12.8. The van der Waals surface area contributed by atoms with Gasteiger partial charge in [-0.15, -0.1) is 0 Å². The average Bonchev–Trinajstić information content (AvgIpc) is 2.42. The molecule has 0 atom stereocenters. The summed E-state index contributed by atoms with van der Waals surface area (Å²) < 4.78 is 5.39. The van der Waals surface area contributed by atoms with E-state index in [9.17, 15) is 4.79 Å². The molecule has 1 amide bonds. The van der Waals surface area contributed by atoms with Crippen molar-refractivity contribution in [3.05, 3.63) is 18.3 Å². The monoisotopic (exact) mass is 249 g/mol. The minimum atomic E-state index is 0.0606. The van der Waals surface area contributed by atoms with Gasteiger partial charge in [-0.05, 0) is 45.0 Å². The number of piperidine rings is 1. The highest BCUT2D eigenvalue weighted by molar-refractivity contribution is 5.93. The quantitative estimate of drug-likeness (QED) is 0.847. The summed E-state index contributed by atoms with van der Waals surface area (Å²) in [7, 11) is 0. The number of rotatable bonds is 4. The molecule has 1 aliphatic rings. The first-order valence-electron chi connectivity index (χ1n) is 6.40. The summed E-state index contributed by atoms with van der Waals surface area (Å²) in [6.07, 6.45) is 3.43. The van der Waals surface area contributed by atoms with E-state index in [-0.39, 0.29) is 11.8 Å². The number of ether oxygens (including phenoxy) is 1. The van der Waals surface area contributed by atoms with Gasteiger partial charge in [0.1, 0.15) is 5.69 Å². The van der Waals surface area contributed by atoms with Crippen molar-refractivity contribution in [2.24, 2.45) is 5.92 Å². The molecule has 1 aromatic rings. The Morgan fingerprint density at radius 3 is 3.06 bits per heavy atom. The van der Waals surface area contributed by atoms with Gasteiger partial charge in [-0.3, -0.25) is 4.79 Å². The van der Waals surface area contributed by atoms with E-state index in [0.29, 0.717) is 18.2 Å². The van der Waals surface area contributed by atoms with E-state index >= 15 is 0 Å². The Balaban J connectivity index is 2.01. The van der Waals surface area contributed by atoms with Crippen molar-refractivity contribution in [1.82, 2.24) is 10.3 Å². The van der Waals surface area contributed by atoms with E-state index in [1.807, 2.05) is 13.0 Å². The van der Waals surface area contributed by atoms with Crippen molar-refractivity contribution in [2.45, 2.75) is 19.8 Å². The Morgan fingerprint density at radius 2 is 2.33 bits per heavy atom. The Hall–Kier alpha value is -1.62. The summed E-state index contributed by atoms with van der Waals surface area (Å²) in [5.74, 6) is 0.633. The van der Waals surface area contributed by atoms with E-state index in [1.165, 1.54) is 0 Å². The van der Waals surface area contributed by atoms with E-state index in [4.69, 9.17) is 4.74 Å². The molecular weight excluding hydrogens is 230 g/mol. The van der Waals surface area contributed by atoms with E-state index in [0.717, 1.165) is 25.9 Å². The molecule has 0 radical (unpaired) electrons. The van der Waals surface area contributed by atoms with Gasteiger partial charge in [0.05, 0.1) is 6.61 Å². The van der Waals surface area contributed by atoms with E-state index in [2.05, 4.69) is 15.6 Å². The van der Waals surface area contributed by atoms with Gasteiger partial charge in [-0.2, -0.15) is 0 Å².